The van der Waals surface area contributed by atoms with Crippen molar-refractivity contribution in [1.29, 1.82) is 0 Å². The van der Waals surface area contributed by atoms with Crippen LogP contribution >= 0.6 is 0 Å². The van der Waals surface area contributed by atoms with Gasteiger partial charge < -0.3 is 10.2 Å². The normalized spacial score (nSPS) is 11.3. The van der Waals surface area contributed by atoms with Crippen LogP contribution in [-0.2, 0) is 11.0 Å². The number of hydrogen-bond donors (Lipinski definition) is 1. The lowest BCUT2D eigenvalue weighted by Crippen LogP contribution is -2.36. The van der Waals surface area contributed by atoms with Crippen molar-refractivity contribution in [2.75, 3.05) is 20.6 Å². The Morgan fingerprint density at radius 3 is 2.44 bits per heavy atom. The fraction of sp³-hybridized carbons (Fsp3) is 0.312. The van der Waals surface area contributed by atoms with Gasteiger partial charge in [0.25, 0.3) is 5.91 Å². The zero-order valence-electron chi connectivity index (χ0n) is 13.9. The molecule has 9 heteroatoms. The molecule has 0 aliphatic carbocycles. The molecule has 0 bridgehead atoms. The van der Waals surface area contributed by atoms with Crippen molar-refractivity contribution < 1.29 is 22.8 Å². The molecule has 0 unspecified atom stereocenters. The van der Waals surface area contributed by atoms with Gasteiger partial charge in [-0.3, -0.25) is 9.59 Å². The van der Waals surface area contributed by atoms with Crippen LogP contribution in [-0.4, -0.2) is 47.1 Å². The third kappa shape index (κ3) is 3.98. The van der Waals surface area contributed by atoms with Gasteiger partial charge in [0, 0.05) is 14.1 Å². The van der Waals surface area contributed by atoms with Gasteiger partial charge >= 0.3 is 6.18 Å². The number of hydrogen-bond acceptors (Lipinski definition) is 3. The summed E-state index contributed by atoms with van der Waals surface area (Å²) in [6.45, 7) is 1.24. The first-order valence-corrected chi connectivity index (χ1v) is 7.32. The van der Waals surface area contributed by atoms with Crippen LogP contribution in [0, 0.1) is 6.92 Å². The van der Waals surface area contributed by atoms with Crippen molar-refractivity contribution in [3.05, 3.63) is 47.3 Å². The lowest BCUT2D eigenvalue weighted by molar-refractivity contribution is -0.143. The van der Waals surface area contributed by atoms with Gasteiger partial charge in [-0.15, -0.1) is 0 Å². The van der Waals surface area contributed by atoms with Gasteiger partial charge in [-0.1, -0.05) is 18.2 Å². The fourth-order valence-corrected chi connectivity index (χ4v) is 2.18. The number of aromatic nitrogens is 2. The van der Waals surface area contributed by atoms with E-state index in [1.54, 1.807) is 25.1 Å². The Labute approximate surface area is 142 Å². The topological polar surface area (TPSA) is 67.2 Å². The second-order valence-electron chi connectivity index (χ2n) is 5.57. The number of halogens is 3. The molecule has 0 aliphatic heterocycles. The summed E-state index contributed by atoms with van der Waals surface area (Å²) in [5, 5.41) is 5.93. The van der Waals surface area contributed by atoms with Crippen LogP contribution in [0.15, 0.2) is 30.5 Å². The Balaban J connectivity index is 2.42. The quantitative estimate of drug-likeness (QED) is 0.913. The van der Waals surface area contributed by atoms with E-state index in [9.17, 15) is 22.8 Å². The number of benzene rings is 1. The average molecular weight is 354 g/mol. The average Bonchev–Trinajstić information content (AvgIpc) is 2.97. The highest BCUT2D eigenvalue weighted by Gasteiger charge is 2.40. The first kappa shape index (κ1) is 18.5. The minimum absolute atomic E-state index is 0.221. The monoisotopic (exact) mass is 354 g/mol. The van der Waals surface area contributed by atoms with Crippen LogP contribution < -0.4 is 5.32 Å². The van der Waals surface area contributed by atoms with Crippen LogP contribution in [0.3, 0.4) is 0 Å². The van der Waals surface area contributed by atoms with Crippen LogP contribution in [0.5, 0.6) is 0 Å². The molecule has 1 heterocycles. The standard InChI is InChI=1S/C16H17F3N4O2/c1-10-6-4-5-7-12(10)23-14(16(17,18)19)11(8-21-23)15(25)20-9-13(24)22(2)3/h4-8H,9H2,1-3H3,(H,20,25). The predicted octanol–water partition coefficient (Wildman–Crippen LogP) is 2.02. The highest BCUT2D eigenvalue weighted by molar-refractivity contribution is 5.97. The van der Waals surface area contributed by atoms with Crippen molar-refractivity contribution in [1.82, 2.24) is 20.0 Å². The molecule has 2 aromatic rings. The molecule has 25 heavy (non-hydrogen) atoms. The molecule has 0 fully saturated rings. The molecule has 0 spiro atoms. The third-order valence-electron chi connectivity index (χ3n) is 3.52. The molecular formula is C16H17F3N4O2. The molecule has 1 N–H and O–H groups in total. The smallest absolute Gasteiger partial charge is 0.347 e. The number of carbonyl (C=O) groups is 2. The molecule has 0 radical (unpaired) electrons. The van der Waals surface area contributed by atoms with Crippen LogP contribution in [0.2, 0.25) is 0 Å². The highest BCUT2D eigenvalue weighted by Crippen LogP contribution is 2.34. The van der Waals surface area contributed by atoms with Gasteiger partial charge in [-0.2, -0.15) is 18.3 Å². The third-order valence-corrected chi connectivity index (χ3v) is 3.52. The van der Waals surface area contributed by atoms with Crippen molar-refractivity contribution in [2.45, 2.75) is 13.1 Å². The van der Waals surface area contributed by atoms with Gasteiger partial charge in [0.2, 0.25) is 5.91 Å². The second-order valence-corrected chi connectivity index (χ2v) is 5.57. The van der Waals surface area contributed by atoms with Crippen molar-refractivity contribution in [2.24, 2.45) is 0 Å². The summed E-state index contributed by atoms with van der Waals surface area (Å²) in [7, 11) is 2.96. The molecule has 2 rings (SSSR count). The number of likely N-dealkylation sites (N-methyl/N-ethyl adjacent to an activating group) is 1. The van der Waals surface area contributed by atoms with E-state index < -0.39 is 35.8 Å². The summed E-state index contributed by atoms with van der Waals surface area (Å²) in [6, 6.07) is 6.40. The largest absolute Gasteiger partial charge is 0.434 e. The van der Waals surface area contributed by atoms with Crippen LogP contribution in [0.25, 0.3) is 5.69 Å². The van der Waals surface area contributed by atoms with E-state index in [1.807, 2.05) is 0 Å². The van der Waals surface area contributed by atoms with E-state index in [1.165, 1.54) is 25.1 Å². The predicted molar refractivity (Wildman–Crippen MR) is 84.3 cm³/mol. The number of para-hydroxylation sites is 1. The number of aryl methyl sites for hydroxylation is 1. The summed E-state index contributed by atoms with van der Waals surface area (Å²) in [4.78, 5) is 24.9. The number of alkyl halides is 3. The molecule has 0 saturated heterocycles. The molecule has 0 atom stereocenters. The molecule has 0 saturated carbocycles. The number of nitrogens with zero attached hydrogens (tertiary/aromatic N) is 3. The first-order valence-electron chi connectivity index (χ1n) is 7.32. The molecule has 1 aromatic heterocycles. The second kappa shape index (κ2) is 6.96. The minimum atomic E-state index is -4.79. The summed E-state index contributed by atoms with van der Waals surface area (Å²) in [5.41, 5.74) is -1.03. The maximum absolute atomic E-state index is 13.5. The molecule has 1 aromatic carbocycles. The number of carbonyl (C=O) groups excluding carboxylic acids is 2. The van der Waals surface area contributed by atoms with Crippen molar-refractivity contribution >= 4 is 11.8 Å². The molecule has 0 aliphatic rings. The lowest BCUT2D eigenvalue weighted by Gasteiger charge is -2.14. The van der Waals surface area contributed by atoms with Gasteiger partial charge in [-0.05, 0) is 18.6 Å². The number of nitrogens with one attached hydrogen (secondary N) is 1. The SMILES string of the molecule is Cc1ccccc1-n1ncc(C(=O)NCC(=O)N(C)C)c1C(F)(F)F. The van der Waals surface area contributed by atoms with Gasteiger partial charge in [0.1, 0.15) is 0 Å². The van der Waals surface area contributed by atoms with Crippen LogP contribution in [0.1, 0.15) is 21.6 Å². The Hall–Kier alpha value is -2.84. The Bertz CT molecular complexity index is 797. The van der Waals surface area contributed by atoms with Gasteiger partial charge in [-0.25, -0.2) is 4.68 Å². The Morgan fingerprint density at radius 2 is 1.88 bits per heavy atom. The number of amides is 2. The van der Waals surface area contributed by atoms with E-state index in [-0.39, 0.29) is 5.69 Å². The van der Waals surface area contributed by atoms with Crippen molar-refractivity contribution in [3.63, 3.8) is 0 Å². The summed E-state index contributed by atoms with van der Waals surface area (Å²) >= 11 is 0. The number of rotatable bonds is 4. The molecule has 2 amide bonds. The van der Waals surface area contributed by atoms with Crippen molar-refractivity contribution in [3.8, 4) is 5.69 Å². The zero-order valence-corrected chi connectivity index (χ0v) is 13.9. The van der Waals surface area contributed by atoms with E-state index in [2.05, 4.69) is 10.4 Å². The lowest BCUT2D eigenvalue weighted by atomic mass is 10.1. The molecule has 134 valence electrons. The van der Waals surface area contributed by atoms with Gasteiger partial charge in [0.05, 0.1) is 24.0 Å². The maximum Gasteiger partial charge on any atom is 0.434 e. The van der Waals surface area contributed by atoms with Gasteiger partial charge in [0.15, 0.2) is 5.69 Å². The van der Waals surface area contributed by atoms with Crippen LogP contribution in [0.4, 0.5) is 13.2 Å². The minimum Gasteiger partial charge on any atom is -0.347 e. The maximum atomic E-state index is 13.5. The fourth-order valence-electron chi connectivity index (χ4n) is 2.18. The summed E-state index contributed by atoms with van der Waals surface area (Å²) in [6.07, 6.45) is -3.94. The summed E-state index contributed by atoms with van der Waals surface area (Å²) < 4.78 is 41.3. The molecule has 6 nitrogen and oxygen atoms in total. The Morgan fingerprint density at radius 1 is 1.24 bits per heavy atom. The Kier molecular flexibility index (Phi) is 5.15. The first-order chi connectivity index (χ1) is 11.6. The van der Waals surface area contributed by atoms with E-state index in [4.69, 9.17) is 0 Å². The van der Waals surface area contributed by atoms with E-state index in [0.717, 1.165) is 6.20 Å². The van der Waals surface area contributed by atoms with E-state index in [0.29, 0.717) is 10.2 Å². The van der Waals surface area contributed by atoms with E-state index >= 15 is 0 Å². The zero-order chi connectivity index (χ0) is 18.8. The molecular weight excluding hydrogens is 337 g/mol. The summed E-state index contributed by atoms with van der Waals surface area (Å²) in [5.74, 6) is -1.45. The highest BCUT2D eigenvalue weighted by atomic mass is 19.4.